The Morgan fingerprint density at radius 2 is 1.97 bits per heavy atom. The predicted molar refractivity (Wildman–Crippen MR) is 111 cm³/mol. The van der Waals surface area contributed by atoms with Crippen molar-refractivity contribution in [3.8, 4) is 22.9 Å². The Hall–Kier alpha value is -3.06. The topological polar surface area (TPSA) is 79.0 Å². The molecule has 0 aliphatic carbocycles. The number of oxime groups is 1. The Kier molecular flexibility index (Phi) is 7.47. The molecule has 0 N–H and O–H groups in total. The SMILES string of the molecule is CCCOc1c(Cl)cc(/C=N\OCc2nc(-c3ccccc3)no2)cc1OCC. The Morgan fingerprint density at radius 3 is 2.72 bits per heavy atom. The lowest BCUT2D eigenvalue weighted by Gasteiger charge is -2.13. The van der Waals surface area contributed by atoms with Gasteiger partial charge in [0.05, 0.1) is 24.5 Å². The molecule has 0 saturated heterocycles. The van der Waals surface area contributed by atoms with Gasteiger partial charge in [-0.05, 0) is 25.5 Å². The number of halogens is 1. The first-order valence-corrected chi connectivity index (χ1v) is 9.71. The average Bonchev–Trinajstić information content (AvgIpc) is 3.21. The molecule has 1 aromatic heterocycles. The normalized spacial score (nSPS) is 11.0. The van der Waals surface area contributed by atoms with Crippen molar-refractivity contribution in [3.63, 3.8) is 0 Å². The number of hydrogen-bond acceptors (Lipinski definition) is 7. The van der Waals surface area contributed by atoms with Crippen LogP contribution < -0.4 is 9.47 Å². The van der Waals surface area contributed by atoms with Crippen LogP contribution in [-0.4, -0.2) is 29.6 Å². The molecule has 0 atom stereocenters. The van der Waals surface area contributed by atoms with E-state index < -0.39 is 0 Å². The van der Waals surface area contributed by atoms with Crippen molar-refractivity contribution in [2.45, 2.75) is 26.9 Å². The Balaban J connectivity index is 1.62. The monoisotopic (exact) mass is 415 g/mol. The molecule has 0 bridgehead atoms. The third kappa shape index (κ3) is 5.71. The summed E-state index contributed by atoms with van der Waals surface area (Å²) >= 11 is 6.33. The van der Waals surface area contributed by atoms with Gasteiger partial charge in [0.2, 0.25) is 5.82 Å². The number of rotatable bonds is 10. The number of benzene rings is 2. The molecule has 0 aliphatic heterocycles. The molecule has 1 heterocycles. The third-order valence-corrected chi connectivity index (χ3v) is 4.03. The van der Waals surface area contributed by atoms with E-state index in [-0.39, 0.29) is 6.61 Å². The van der Waals surface area contributed by atoms with Gasteiger partial charge < -0.3 is 18.8 Å². The van der Waals surface area contributed by atoms with Gasteiger partial charge in [-0.15, -0.1) is 0 Å². The van der Waals surface area contributed by atoms with Crippen molar-refractivity contribution in [3.05, 3.63) is 58.9 Å². The van der Waals surface area contributed by atoms with Gasteiger partial charge in [-0.25, -0.2) is 0 Å². The number of hydrogen-bond donors (Lipinski definition) is 0. The molecule has 0 saturated carbocycles. The van der Waals surface area contributed by atoms with Crippen LogP contribution in [0.25, 0.3) is 11.4 Å². The second-order valence-corrected chi connectivity index (χ2v) is 6.40. The molecular formula is C21H22ClN3O4. The minimum Gasteiger partial charge on any atom is -0.490 e. The van der Waals surface area contributed by atoms with Gasteiger partial charge in [-0.3, -0.25) is 0 Å². The van der Waals surface area contributed by atoms with Gasteiger partial charge in [0.1, 0.15) is 0 Å². The van der Waals surface area contributed by atoms with Crippen LogP contribution in [0.1, 0.15) is 31.7 Å². The average molecular weight is 416 g/mol. The van der Waals surface area contributed by atoms with Gasteiger partial charge in [-0.2, -0.15) is 4.98 Å². The second kappa shape index (κ2) is 10.5. The fraction of sp³-hybridized carbons (Fsp3) is 0.286. The largest absolute Gasteiger partial charge is 0.490 e. The summed E-state index contributed by atoms with van der Waals surface area (Å²) in [4.78, 5) is 9.55. The van der Waals surface area contributed by atoms with Crippen LogP contribution in [0.2, 0.25) is 5.02 Å². The minimum absolute atomic E-state index is 0.0556. The highest BCUT2D eigenvalue weighted by atomic mass is 35.5. The maximum Gasteiger partial charge on any atom is 0.267 e. The first kappa shape index (κ1) is 20.7. The Bertz CT molecular complexity index is 944. The fourth-order valence-corrected chi connectivity index (χ4v) is 2.75. The molecule has 152 valence electrons. The summed E-state index contributed by atoms with van der Waals surface area (Å²) in [5, 5.41) is 8.33. The summed E-state index contributed by atoms with van der Waals surface area (Å²) < 4.78 is 16.5. The van der Waals surface area contributed by atoms with Crippen LogP contribution in [0.5, 0.6) is 11.5 Å². The highest BCUT2D eigenvalue weighted by Crippen LogP contribution is 2.36. The standard InChI is InChI=1S/C21H22ClN3O4/c1-3-10-27-20-17(22)11-15(12-18(20)26-4-2)13-23-28-14-19-24-21(25-29-19)16-8-6-5-7-9-16/h5-9,11-13H,3-4,10,14H2,1-2H3/b23-13-. The van der Waals surface area contributed by atoms with Crippen molar-refractivity contribution in [2.24, 2.45) is 5.16 Å². The van der Waals surface area contributed by atoms with E-state index in [9.17, 15) is 0 Å². The molecule has 0 fully saturated rings. The summed E-state index contributed by atoms with van der Waals surface area (Å²) in [6.45, 7) is 5.04. The molecule has 2 aromatic carbocycles. The van der Waals surface area contributed by atoms with Crippen molar-refractivity contribution in [1.82, 2.24) is 10.1 Å². The third-order valence-electron chi connectivity index (χ3n) is 3.75. The summed E-state index contributed by atoms with van der Waals surface area (Å²) in [5.41, 5.74) is 1.59. The molecule has 0 aliphatic rings. The van der Waals surface area contributed by atoms with E-state index in [1.807, 2.05) is 44.2 Å². The molecule has 0 spiro atoms. The predicted octanol–water partition coefficient (Wildman–Crippen LogP) is 5.13. The smallest absolute Gasteiger partial charge is 0.267 e. The number of aromatic nitrogens is 2. The van der Waals surface area contributed by atoms with E-state index in [0.29, 0.717) is 41.5 Å². The quantitative estimate of drug-likeness (QED) is 0.337. The molecule has 29 heavy (non-hydrogen) atoms. The molecule has 0 radical (unpaired) electrons. The van der Waals surface area contributed by atoms with Gasteiger partial charge in [0.25, 0.3) is 5.89 Å². The Morgan fingerprint density at radius 1 is 1.14 bits per heavy atom. The molecule has 7 nitrogen and oxygen atoms in total. The van der Waals surface area contributed by atoms with E-state index in [0.717, 1.165) is 17.5 Å². The van der Waals surface area contributed by atoms with E-state index in [1.54, 1.807) is 12.1 Å². The van der Waals surface area contributed by atoms with Gasteiger partial charge in [0.15, 0.2) is 18.1 Å². The molecule has 0 amide bonds. The zero-order valence-corrected chi connectivity index (χ0v) is 17.1. The first-order chi connectivity index (χ1) is 14.2. The molecule has 3 aromatic rings. The highest BCUT2D eigenvalue weighted by molar-refractivity contribution is 6.32. The van der Waals surface area contributed by atoms with Gasteiger partial charge in [-0.1, -0.05) is 59.2 Å². The van der Waals surface area contributed by atoms with Crippen LogP contribution in [0.15, 0.2) is 52.1 Å². The lowest BCUT2D eigenvalue weighted by atomic mass is 10.2. The maximum atomic E-state index is 6.33. The summed E-state index contributed by atoms with van der Waals surface area (Å²) in [5.74, 6) is 1.94. The number of nitrogens with zero attached hydrogens (tertiary/aromatic N) is 3. The molecular weight excluding hydrogens is 394 g/mol. The van der Waals surface area contributed by atoms with Crippen LogP contribution in [0.3, 0.4) is 0 Å². The van der Waals surface area contributed by atoms with E-state index in [1.165, 1.54) is 6.21 Å². The first-order valence-electron chi connectivity index (χ1n) is 9.33. The summed E-state index contributed by atoms with van der Waals surface area (Å²) in [7, 11) is 0. The Labute approximate surface area is 174 Å². The number of ether oxygens (including phenoxy) is 2. The lowest BCUT2D eigenvalue weighted by molar-refractivity contribution is 0.107. The fourth-order valence-electron chi connectivity index (χ4n) is 2.48. The van der Waals surface area contributed by atoms with Crippen molar-refractivity contribution in [1.29, 1.82) is 0 Å². The van der Waals surface area contributed by atoms with Gasteiger partial charge >= 0.3 is 0 Å². The highest BCUT2D eigenvalue weighted by Gasteiger charge is 2.12. The van der Waals surface area contributed by atoms with Crippen molar-refractivity contribution in [2.75, 3.05) is 13.2 Å². The van der Waals surface area contributed by atoms with Crippen LogP contribution in [0.4, 0.5) is 0 Å². The van der Waals surface area contributed by atoms with Crippen LogP contribution >= 0.6 is 11.6 Å². The maximum absolute atomic E-state index is 6.33. The molecule has 3 rings (SSSR count). The summed E-state index contributed by atoms with van der Waals surface area (Å²) in [6.07, 6.45) is 2.41. The van der Waals surface area contributed by atoms with E-state index in [4.69, 9.17) is 30.4 Å². The van der Waals surface area contributed by atoms with Crippen molar-refractivity contribution < 1.29 is 18.8 Å². The minimum atomic E-state index is 0.0556. The zero-order valence-electron chi connectivity index (χ0n) is 16.3. The summed E-state index contributed by atoms with van der Waals surface area (Å²) in [6, 6.07) is 13.1. The lowest BCUT2D eigenvalue weighted by Crippen LogP contribution is -2.01. The molecule has 8 heteroatoms. The van der Waals surface area contributed by atoms with Crippen LogP contribution in [-0.2, 0) is 11.4 Å². The van der Waals surface area contributed by atoms with Gasteiger partial charge in [0, 0.05) is 11.1 Å². The van der Waals surface area contributed by atoms with E-state index >= 15 is 0 Å². The molecule has 0 unspecified atom stereocenters. The van der Waals surface area contributed by atoms with E-state index in [2.05, 4.69) is 15.3 Å². The second-order valence-electron chi connectivity index (χ2n) is 6.00. The zero-order chi connectivity index (χ0) is 20.5. The van der Waals surface area contributed by atoms with Crippen LogP contribution in [0, 0.1) is 0 Å². The van der Waals surface area contributed by atoms with Crippen molar-refractivity contribution >= 4 is 17.8 Å².